The largest absolute Gasteiger partial charge is 0.387 e. The number of aliphatic hydroxyl groups excluding tert-OH is 1. The number of rotatable bonds is 6. The van der Waals surface area contributed by atoms with E-state index < -0.39 is 6.10 Å². The molecule has 0 aliphatic rings. The van der Waals surface area contributed by atoms with Gasteiger partial charge in [0.15, 0.2) is 0 Å². The van der Waals surface area contributed by atoms with Crippen LogP contribution >= 0.6 is 0 Å². The summed E-state index contributed by atoms with van der Waals surface area (Å²) in [5, 5.41) is 20.8. The number of carbonyl (C=O) groups is 1. The van der Waals surface area contributed by atoms with Crippen LogP contribution in [0.2, 0.25) is 0 Å². The molecule has 1 aromatic heterocycles. The highest BCUT2D eigenvalue weighted by atomic mass is 16.3. The Morgan fingerprint density at radius 2 is 1.89 bits per heavy atom. The molecule has 1 heterocycles. The first-order valence-corrected chi connectivity index (χ1v) is 8.50. The van der Waals surface area contributed by atoms with Gasteiger partial charge in [-0.15, -0.1) is 0 Å². The molecular weight excluding hydrogens is 340 g/mol. The van der Waals surface area contributed by atoms with Crippen molar-refractivity contribution in [2.75, 3.05) is 5.32 Å². The Hall–Kier alpha value is -3.38. The number of nitrogens with one attached hydrogen (secondary N) is 2. The van der Waals surface area contributed by atoms with Crippen LogP contribution in [0.4, 0.5) is 11.6 Å². The van der Waals surface area contributed by atoms with Gasteiger partial charge in [0.25, 0.3) is 0 Å². The van der Waals surface area contributed by atoms with Gasteiger partial charge >= 0.3 is 0 Å². The fourth-order valence-corrected chi connectivity index (χ4v) is 2.69. The molecule has 3 aromatic rings. The third-order valence-corrected chi connectivity index (χ3v) is 4.14. The maximum Gasteiger partial charge on any atom is 0.227 e. The average Bonchev–Trinajstić information content (AvgIpc) is 2.68. The molecule has 6 nitrogen and oxygen atoms in total. The van der Waals surface area contributed by atoms with E-state index in [-0.39, 0.29) is 5.71 Å². The van der Waals surface area contributed by atoms with E-state index in [0.29, 0.717) is 22.8 Å². The number of hydrogen-bond acceptors (Lipinski definition) is 6. The van der Waals surface area contributed by atoms with Gasteiger partial charge in [-0.1, -0.05) is 42.0 Å². The number of nitrogens with zero attached hydrogens (tertiary/aromatic N) is 2. The van der Waals surface area contributed by atoms with Crippen molar-refractivity contribution >= 4 is 23.6 Å². The van der Waals surface area contributed by atoms with Gasteiger partial charge in [0, 0.05) is 29.1 Å². The topological polar surface area (TPSA) is 99.0 Å². The zero-order valence-corrected chi connectivity index (χ0v) is 15.1. The minimum atomic E-state index is -0.933. The molecule has 0 spiro atoms. The summed E-state index contributed by atoms with van der Waals surface area (Å²) < 4.78 is 0. The highest BCUT2D eigenvalue weighted by Gasteiger charge is 2.14. The molecule has 3 rings (SSSR count). The first-order valence-electron chi connectivity index (χ1n) is 8.50. The Balaban J connectivity index is 1.90. The lowest BCUT2D eigenvalue weighted by atomic mass is 10.0. The van der Waals surface area contributed by atoms with E-state index in [1.165, 1.54) is 6.92 Å². The average molecular weight is 360 g/mol. The van der Waals surface area contributed by atoms with Gasteiger partial charge in [0.05, 0.1) is 17.5 Å². The fourth-order valence-electron chi connectivity index (χ4n) is 2.69. The van der Waals surface area contributed by atoms with Gasteiger partial charge in [0.1, 0.15) is 6.29 Å². The molecule has 3 N–H and O–H groups in total. The van der Waals surface area contributed by atoms with E-state index in [4.69, 9.17) is 5.41 Å². The number of benzene rings is 2. The number of anilines is 2. The van der Waals surface area contributed by atoms with Crippen LogP contribution in [0.25, 0.3) is 11.1 Å². The second-order valence-electron chi connectivity index (χ2n) is 6.30. The molecule has 0 aliphatic carbocycles. The van der Waals surface area contributed by atoms with E-state index in [0.717, 1.165) is 23.0 Å². The molecule has 1 atom stereocenters. The quantitative estimate of drug-likeness (QED) is 0.459. The number of hydrogen-bond donors (Lipinski definition) is 3. The lowest BCUT2D eigenvalue weighted by molar-refractivity contribution is 0.112. The van der Waals surface area contributed by atoms with Crippen molar-refractivity contribution in [3.05, 3.63) is 71.5 Å². The van der Waals surface area contributed by atoms with Gasteiger partial charge in [-0.2, -0.15) is 0 Å². The van der Waals surface area contributed by atoms with Gasteiger partial charge in [-0.25, -0.2) is 9.97 Å². The monoisotopic (exact) mass is 360 g/mol. The molecule has 6 heteroatoms. The molecule has 1 unspecified atom stereocenters. The number of carbonyl (C=O) groups excluding carboxylic acids is 1. The molecule has 27 heavy (non-hydrogen) atoms. The summed E-state index contributed by atoms with van der Waals surface area (Å²) >= 11 is 0. The first kappa shape index (κ1) is 18.4. The van der Waals surface area contributed by atoms with Gasteiger partial charge < -0.3 is 15.8 Å². The predicted molar refractivity (Wildman–Crippen MR) is 106 cm³/mol. The Kier molecular flexibility index (Phi) is 5.38. The Morgan fingerprint density at radius 1 is 1.15 bits per heavy atom. The van der Waals surface area contributed by atoms with Crippen LogP contribution in [0.1, 0.15) is 28.4 Å². The zero-order chi connectivity index (χ0) is 19.4. The lowest BCUT2D eigenvalue weighted by Gasteiger charge is -2.14. The van der Waals surface area contributed by atoms with Crippen LogP contribution in [-0.4, -0.2) is 33.2 Å². The van der Waals surface area contributed by atoms with Crippen molar-refractivity contribution in [3.8, 4) is 11.1 Å². The summed E-state index contributed by atoms with van der Waals surface area (Å²) in [7, 11) is 0. The third-order valence-electron chi connectivity index (χ3n) is 4.14. The van der Waals surface area contributed by atoms with Crippen LogP contribution in [-0.2, 0) is 0 Å². The zero-order valence-electron chi connectivity index (χ0n) is 15.1. The highest BCUT2D eigenvalue weighted by Crippen LogP contribution is 2.24. The second kappa shape index (κ2) is 7.88. The minimum absolute atomic E-state index is 0.0475. The maximum absolute atomic E-state index is 11.1. The van der Waals surface area contributed by atoms with Crippen molar-refractivity contribution in [3.63, 3.8) is 0 Å². The SMILES string of the molecule is Cc1cccc(-c2cnc(Nc3cc(C=O)ccc3C(=N)C(C)O)nc2)c1. The molecule has 0 saturated carbocycles. The van der Waals surface area contributed by atoms with E-state index in [1.54, 1.807) is 30.6 Å². The molecule has 0 fully saturated rings. The van der Waals surface area contributed by atoms with Gasteiger partial charge in [-0.3, -0.25) is 4.79 Å². The van der Waals surface area contributed by atoms with Gasteiger partial charge in [-0.05, 0) is 25.5 Å². The smallest absolute Gasteiger partial charge is 0.227 e. The van der Waals surface area contributed by atoms with Crippen molar-refractivity contribution in [2.24, 2.45) is 0 Å². The summed E-state index contributed by atoms with van der Waals surface area (Å²) in [6, 6.07) is 12.9. The summed E-state index contributed by atoms with van der Waals surface area (Å²) in [5.74, 6) is 0.342. The van der Waals surface area contributed by atoms with Crippen molar-refractivity contribution < 1.29 is 9.90 Å². The Labute approximate surface area is 157 Å². The first-order chi connectivity index (χ1) is 13.0. The second-order valence-corrected chi connectivity index (χ2v) is 6.30. The summed E-state index contributed by atoms with van der Waals surface area (Å²) in [6.45, 7) is 3.55. The summed E-state index contributed by atoms with van der Waals surface area (Å²) in [5.41, 5.74) is 4.56. The fraction of sp³-hybridized carbons (Fsp3) is 0.143. The standard InChI is InChI=1S/C21H20N4O2/c1-13-4-3-5-16(8-13)17-10-23-21(24-11-17)25-19-9-15(12-26)6-7-18(19)20(22)14(2)27/h3-12,14,22,27H,1-2H3,(H,23,24,25). The molecular formula is C21H20N4O2. The van der Waals surface area contributed by atoms with Crippen LogP contribution < -0.4 is 5.32 Å². The van der Waals surface area contributed by atoms with Crippen LogP contribution in [0.15, 0.2) is 54.9 Å². The lowest BCUT2D eigenvalue weighted by Crippen LogP contribution is -2.18. The third kappa shape index (κ3) is 4.24. The summed E-state index contributed by atoms with van der Waals surface area (Å²) in [4.78, 5) is 19.8. The molecule has 0 aliphatic heterocycles. The van der Waals surface area contributed by atoms with Crippen LogP contribution in [0.5, 0.6) is 0 Å². The van der Waals surface area contributed by atoms with Crippen molar-refractivity contribution in [1.29, 1.82) is 5.41 Å². The molecule has 0 bridgehead atoms. The van der Waals surface area contributed by atoms with Crippen molar-refractivity contribution in [1.82, 2.24) is 9.97 Å². The highest BCUT2D eigenvalue weighted by molar-refractivity contribution is 6.06. The number of aryl methyl sites for hydroxylation is 1. The van der Waals surface area contributed by atoms with Crippen molar-refractivity contribution in [2.45, 2.75) is 20.0 Å². The normalized spacial score (nSPS) is 11.7. The molecule has 0 amide bonds. The van der Waals surface area contributed by atoms with Crippen LogP contribution in [0.3, 0.4) is 0 Å². The van der Waals surface area contributed by atoms with E-state index >= 15 is 0 Å². The maximum atomic E-state index is 11.1. The number of aliphatic hydroxyl groups is 1. The Morgan fingerprint density at radius 3 is 2.52 bits per heavy atom. The number of aromatic nitrogens is 2. The minimum Gasteiger partial charge on any atom is -0.387 e. The van der Waals surface area contributed by atoms with E-state index in [2.05, 4.69) is 21.4 Å². The molecule has 136 valence electrons. The molecule has 2 aromatic carbocycles. The molecule has 0 saturated heterocycles. The predicted octanol–water partition coefficient (Wildman–Crippen LogP) is 3.76. The number of aldehydes is 1. The summed E-state index contributed by atoms with van der Waals surface area (Å²) in [6.07, 6.45) is 3.22. The Bertz CT molecular complexity index is 982. The van der Waals surface area contributed by atoms with E-state index in [1.807, 2.05) is 25.1 Å². The van der Waals surface area contributed by atoms with E-state index in [9.17, 15) is 9.90 Å². The van der Waals surface area contributed by atoms with Gasteiger partial charge in [0.2, 0.25) is 5.95 Å². The van der Waals surface area contributed by atoms with Crippen LogP contribution in [0, 0.1) is 12.3 Å². The molecule has 0 radical (unpaired) electrons.